The Morgan fingerprint density at radius 1 is 1.18 bits per heavy atom. The number of benzene rings is 1. The maximum atomic E-state index is 12.3. The lowest BCUT2D eigenvalue weighted by Crippen LogP contribution is -2.75. The van der Waals surface area contributed by atoms with Gasteiger partial charge in [-0.05, 0) is 67.8 Å². The fraction of sp³-hybridized carbons (Fsp3) is 0.739. The zero-order valence-electron chi connectivity index (χ0n) is 16.8. The Bertz CT molecular complexity index is 787. The number of piperidine rings is 1. The van der Waals surface area contributed by atoms with Gasteiger partial charge in [-0.1, -0.05) is 6.07 Å². The van der Waals surface area contributed by atoms with Gasteiger partial charge in [0.1, 0.15) is 5.75 Å². The average Bonchev–Trinajstić information content (AvgIpc) is 3.41. The molecule has 5 aliphatic rings. The number of hydrogen-bond donors (Lipinski definition) is 1. The van der Waals surface area contributed by atoms with Crippen molar-refractivity contribution in [3.63, 3.8) is 0 Å². The number of methoxy groups -OCH3 is 1. The van der Waals surface area contributed by atoms with Crippen molar-refractivity contribution in [2.75, 3.05) is 33.4 Å². The van der Waals surface area contributed by atoms with E-state index in [9.17, 15) is 5.11 Å². The molecule has 1 unspecified atom stereocenters. The van der Waals surface area contributed by atoms with Crippen molar-refractivity contribution in [2.24, 2.45) is 5.92 Å². The van der Waals surface area contributed by atoms with E-state index in [0.29, 0.717) is 13.2 Å². The van der Waals surface area contributed by atoms with E-state index in [1.807, 2.05) is 0 Å². The third kappa shape index (κ3) is 2.33. The van der Waals surface area contributed by atoms with Crippen LogP contribution >= 0.6 is 0 Å². The van der Waals surface area contributed by atoms with Crippen molar-refractivity contribution in [3.05, 3.63) is 29.3 Å². The number of nitrogens with zero attached hydrogens (tertiary/aromatic N) is 1. The van der Waals surface area contributed by atoms with Crippen LogP contribution in [0.4, 0.5) is 0 Å². The van der Waals surface area contributed by atoms with Crippen LogP contribution < -0.4 is 4.74 Å². The first-order valence-electron chi connectivity index (χ1n) is 11.0. The molecule has 2 bridgehead atoms. The number of rotatable bonds is 3. The molecule has 4 fully saturated rings. The third-order valence-electron chi connectivity index (χ3n) is 8.35. The molecule has 1 spiro atoms. The lowest BCUT2D eigenvalue weighted by Gasteiger charge is -2.65. The SMILES string of the molecule is COc1ccc2c(c1)[C@]13CCN(CC4CC4)C(C2)[C@]1(O)CCC1(C3)OCCO1. The molecule has 0 amide bonds. The van der Waals surface area contributed by atoms with Crippen LogP contribution in [-0.4, -0.2) is 60.8 Å². The van der Waals surface area contributed by atoms with E-state index in [1.165, 1.54) is 24.0 Å². The summed E-state index contributed by atoms with van der Waals surface area (Å²) in [6, 6.07) is 6.67. The lowest BCUT2D eigenvalue weighted by molar-refractivity contribution is -0.259. The number of hydrogen-bond acceptors (Lipinski definition) is 5. The molecule has 0 aromatic heterocycles. The standard InChI is InChI=1S/C23H31NO4/c1-26-18-5-4-17-12-20-23(25)7-6-22(27-10-11-28-22)15-21(23,19(17)13-18)8-9-24(20)14-16-2-3-16/h4-5,13,16,20,25H,2-3,6-12,14-15H2,1H3/t20?,21-,23-/m1/s1. The van der Waals surface area contributed by atoms with E-state index >= 15 is 0 Å². The molecule has 5 heteroatoms. The van der Waals surface area contributed by atoms with E-state index < -0.39 is 11.4 Å². The second kappa shape index (κ2) is 5.94. The van der Waals surface area contributed by atoms with Crippen molar-refractivity contribution in [1.82, 2.24) is 4.90 Å². The van der Waals surface area contributed by atoms with Gasteiger partial charge in [-0.2, -0.15) is 0 Å². The summed E-state index contributed by atoms with van der Waals surface area (Å²) >= 11 is 0. The molecule has 6 rings (SSSR count). The summed E-state index contributed by atoms with van der Waals surface area (Å²) in [7, 11) is 1.72. The van der Waals surface area contributed by atoms with Gasteiger partial charge in [0, 0.05) is 30.8 Å². The molecule has 1 N–H and O–H groups in total. The summed E-state index contributed by atoms with van der Waals surface area (Å²) in [5, 5.41) is 12.3. The summed E-state index contributed by atoms with van der Waals surface area (Å²) in [6.45, 7) is 3.52. The quantitative estimate of drug-likeness (QED) is 0.867. The van der Waals surface area contributed by atoms with Crippen LogP contribution in [0.25, 0.3) is 0 Å². The molecule has 3 atom stereocenters. The Labute approximate surface area is 167 Å². The molecular formula is C23H31NO4. The van der Waals surface area contributed by atoms with E-state index in [1.54, 1.807) is 7.11 Å². The van der Waals surface area contributed by atoms with Gasteiger partial charge < -0.3 is 19.3 Å². The van der Waals surface area contributed by atoms with Crippen molar-refractivity contribution in [3.8, 4) is 5.75 Å². The summed E-state index contributed by atoms with van der Waals surface area (Å²) < 4.78 is 17.9. The van der Waals surface area contributed by atoms with Gasteiger partial charge >= 0.3 is 0 Å². The summed E-state index contributed by atoms with van der Waals surface area (Å²) in [5.41, 5.74) is 1.60. The first kappa shape index (κ1) is 17.7. The fourth-order valence-corrected chi connectivity index (χ4v) is 6.77. The monoisotopic (exact) mass is 385 g/mol. The smallest absolute Gasteiger partial charge is 0.169 e. The zero-order valence-corrected chi connectivity index (χ0v) is 16.8. The van der Waals surface area contributed by atoms with Gasteiger partial charge in [0.2, 0.25) is 0 Å². The Kier molecular flexibility index (Phi) is 3.76. The lowest BCUT2D eigenvalue weighted by atomic mass is 9.48. The Hall–Kier alpha value is -1.14. The van der Waals surface area contributed by atoms with E-state index in [4.69, 9.17) is 14.2 Å². The summed E-state index contributed by atoms with van der Waals surface area (Å²) in [5.74, 6) is 1.19. The zero-order chi connectivity index (χ0) is 19.0. The minimum atomic E-state index is -0.722. The highest BCUT2D eigenvalue weighted by molar-refractivity contribution is 5.49. The number of aliphatic hydroxyl groups is 1. The summed E-state index contributed by atoms with van der Waals surface area (Å²) in [4.78, 5) is 2.61. The molecule has 2 saturated heterocycles. The van der Waals surface area contributed by atoms with Gasteiger partial charge in [-0.25, -0.2) is 0 Å². The molecule has 3 aliphatic carbocycles. The molecule has 0 radical (unpaired) electrons. The first-order chi connectivity index (χ1) is 13.6. The van der Waals surface area contributed by atoms with Gasteiger partial charge in [0.05, 0.1) is 25.9 Å². The van der Waals surface area contributed by atoms with Gasteiger partial charge in [0.15, 0.2) is 5.79 Å². The number of fused-ring (bicyclic) bond motifs is 1. The largest absolute Gasteiger partial charge is 0.497 e. The van der Waals surface area contributed by atoms with Crippen LogP contribution in [0.1, 0.15) is 49.7 Å². The molecule has 152 valence electrons. The van der Waals surface area contributed by atoms with Crippen LogP contribution in [0.15, 0.2) is 18.2 Å². The summed E-state index contributed by atoms with van der Waals surface area (Å²) in [6.07, 6.45) is 6.88. The van der Waals surface area contributed by atoms with Crippen LogP contribution in [-0.2, 0) is 21.3 Å². The average molecular weight is 386 g/mol. The van der Waals surface area contributed by atoms with Crippen molar-refractivity contribution < 1.29 is 19.3 Å². The van der Waals surface area contributed by atoms with Gasteiger partial charge in [-0.3, -0.25) is 4.90 Å². The van der Waals surface area contributed by atoms with Crippen molar-refractivity contribution in [1.29, 1.82) is 0 Å². The predicted molar refractivity (Wildman–Crippen MR) is 105 cm³/mol. The number of ether oxygens (including phenoxy) is 3. The minimum absolute atomic E-state index is 0.196. The Morgan fingerprint density at radius 3 is 2.75 bits per heavy atom. The van der Waals surface area contributed by atoms with Crippen LogP contribution in [0.3, 0.4) is 0 Å². The molecule has 5 nitrogen and oxygen atoms in total. The highest BCUT2D eigenvalue weighted by atomic mass is 16.7. The number of likely N-dealkylation sites (tertiary alicyclic amines) is 1. The highest BCUT2D eigenvalue weighted by Gasteiger charge is 2.68. The third-order valence-corrected chi connectivity index (χ3v) is 8.35. The Morgan fingerprint density at radius 2 is 2.00 bits per heavy atom. The van der Waals surface area contributed by atoms with Crippen LogP contribution in [0, 0.1) is 5.92 Å². The van der Waals surface area contributed by atoms with Crippen LogP contribution in [0.2, 0.25) is 0 Å². The molecule has 1 aromatic carbocycles. The second-order valence-electron chi connectivity index (χ2n) is 9.72. The topological polar surface area (TPSA) is 51.2 Å². The van der Waals surface area contributed by atoms with E-state index in [-0.39, 0.29) is 11.5 Å². The maximum Gasteiger partial charge on any atom is 0.169 e. The normalized spacial score (nSPS) is 38.9. The van der Waals surface area contributed by atoms with Crippen LogP contribution in [0.5, 0.6) is 5.75 Å². The second-order valence-corrected chi connectivity index (χ2v) is 9.72. The highest BCUT2D eigenvalue weighted by Crippen LogP contribution is 2.61. The molecule has 2 aliphatic heterocycles. The predicted octanol–water partition coefficient (Wildman–Crippen LogP) is 2.63. The van der Waals surface area contributed by atoms with E-state index in [0.717, 1.165) is 56.9 Å². The fourth-order valence-electron chi connectivity index (χ4n) is 6.77. The molecule has 2 saturated carbocycles. The molecule has 1 aromatic rings. The molecule has 2 heterocycles. The van der Waals surface area contributed by atoms with Crippen molar-refractivity contribution >= 4 is 0 Å². The maximum absolute atomic E-state index is 12.3. The molecular weight excluding hydrogens is 354 g/mol. The van der Waals surface area contributed by atoms with Crippen molar-refractivity contribution in [2.45, 2.75) is 67.8 Å². The van der Waals surface area contributed by atoms with Gasteiger partial charge in [-0.15, -0.1) is 0 Å². The Balaban J connectivity index is 1.48. The van der Waals surface area contributed by atoms with E-state index in [2.05, 4.69) is 23.1 Å². The first-order valence-corrected chi connectivity index (χ1v) is 11.0. The molecule has 28 heavy (non-hydrogen) atoms. The minimum Gasteiger partial charge on any atom is -0.497 e. The van der Waals surface area contributed by atoms with Gasteiger partial charge in [0.25, 0.3) is 0 Å².